The van der Waals surface area contributed by atoms with Crippen molar-refractivity contribution in [2.24, 2.45) is 0 Å². The second kappa shape index (κ2) is 7.29. The van der Waals surface area contributed by atoms with Crippen LogP contribution in [0.5, 0.6) is 5.75 Å². The number of ether oxygens (including phenoxy) is 1. The molecule has 0 aliphatic rings. The molecule has 0 saturated heterocycles. The van der Waals surface area contributed by atoms with Crippen LogP contribution in [0.2, 0.25) is 0 Å². The molecule has 1 amide bonds. The number of nitrogens with one attached hydrogen (secondary N) is 2. The van der Waals surface area contributed by atoms with Crippen LogP contribution in [0.1, 0.15) is 5.56 Å². The molecule has 1 aromatic rings. The highest BCUT2D eigenvalue weighted by atomic mass is 79.9. The first-order chi connectivity index (χ1) is 8.17. The van der Waals surface area contributed by atoms with Crippen molar-refractivity contribution in [1.29, 1.82) is 0 Å². The molecule has 0 saturated carbocycles. The van der Waals surface area contributed by atoms with Crippen LogP contribution in [0.3, 0.4) is 0 Å². The van der Waals surface area contributed by atoms with Crippen molar-refractivity contribution in [2.75, 3.05) is 27.2 Å². The first-order valence-electron chi connectivity index (χ1n) is 5.41. The Morgan fingerprint density at radius 3 is 2.82 bits per heavy atom. The van der Waals surface area contributed by atoms with Crippen LogP contribution in [-0.4, -0.2) is 33.2 Å². The lowest BCUT2D eigenvalue weighted by atomic mass is 10.1. The molecule has 0 aliphatic heterocycles. The largest absolute Gasteiger partial charge is 0.496 e. The van der Waals surface area contributed by atoms with E-state index >= 15 is 0 Å². The number of rotatable bonds is 6. The zero-order valence-electron chi connectivity index (χ0n) is 10.0. The number of likely N-dealkylation sites (N-methyl/N-ethyl adjacent to an activating group) is 1. The summed E-state index contributed by atoms with van der Waals surface area (Å²) in [7, 11) is 3.39. The standard InChI is InChI=1S/C12H17BrN2O2/c1-14-8-12(16)15-6-5-9-3-4-11(17-2)10(13)7-9/h3-4,7,14H,5-6,8H2,1-2H3,(H,15,16). The predicted octanol–water partition coefficient (Wildman–Crippen LogP) is 1.34. The number of methoxy groups -OCH3 is 1. The molecule has 1 aromatic carbocycles. The van der Waals surface area contributed by atoms with Gasteiger partial charge < -0.3 is 15.4 Å². The van der Waals surface area contributed by atoms with Gasteiger partial charge >= 0.3 is 0 Å². The van der Waals surface area contributed by atoms with Gasteiger partial charge in [0.25, 0.3) is 0 Å². The molecule has 4 nitrogen and oxygen atoms in total. The minimum Gasteiger partial charge on any atom is -0.496 e. The average Bonchev–Trinajstić information content (AvgIpc) is 2.29. The Hall–Kier alpha value is -1.07. The van der Waals surface area contributed by atoms with E-state index in [9.17, 15) is 4.79 Å². The highest BCUT2D eigenvalue weighted by Crippen LogP contribution is 2.25. The number of carbonyl (C=O) groups is 1. The van der Waals surface area contributed by atoms with E-state index in [2.05, 4.69) is 26.6 Å². The van der Waals surface area contributed by atoms with Crippen molar-refractivity contribution in [3.8, 4) is 5.75 Å². The number of carbonyl (C=O) groups excluding carboxylic acids is 1. The van der Waals surface area contributed by atoms with Crippen LogP contribution in [0, 0.1) is 0 Å². The third kappa shape index (κ3) is 4.75. The van der Waals surface area contributed by atoms with E-state index in [0.29, 0.717) is 13.1 Å². The summed E-state index contributed by atoms with van der Waals surface area (Å²) in [6.07, 6.45) is 0.804. The highest BCUT2D eigenvalue weighted by molar-refractivity contribution is 9.10. The fourth-order valence-electron chi connectivity index (χ4n) is 1.43. The maximum absolute atomic E-state index is 11.2. The topological polar surface area (TPSA) is 50.4 Å². The SMILES string of the molecule is CNCC(=O)NCCc1ccc(OC)c(Br)c1. The molecule has 0 aromatic heterocycles. The van der Waals surface area contributed by atoms with Gasteiger partial charge in [-0.2, -0.15) is 0 Å². The smallest absolute Gasteiger partial charge is 0.233 e. The van der Waals surface area contributed by atoms with Gasteiger partial charge in [-0.15, -0.1) is 0 Å². The number of hydrogen-bond donors (Lipinski definition) is 2. The van der Waals surface area contributed by atoms with Gasteiger partial charge in [0.1, 0.15) is 5.75 Å². The Labute approximate surface area is 110 Å². The molecule has 94 valence electrons. The van der Waals surface area contributed by atoms with Crippen molar-refractivity contribution in [3.05, 3.63) is 28.2 Å². The minimum absolute atomic E-state index is 0.0140. The van der Waals surface area contributed by atoms with Crippen molar-refractivity contribution in [1.82, 2.24) is 10.6 Å². The van der Waals surface area contributed by atoms with Gasteiger partial charge in [-0.05, 0) is 47.1 Å². The monoisotopic (exact) mass is 300 g/mol. The van der Waals surface area contributed by atoms with Crippen LogP contribution in [0.15, 0.2) is 22.7 Å². The molecule has 1 rings (SSSR count). The molecule has 0 atom stereocenters. The van der Waals surface area contributed by atoms with Crippen molar-refractivity contribution < 1.29 is 9.53 Å². The molecule has 0 fully saturated rings. The van der Waals surface area contributed by atoms with Crippen LogP contribution in [0.4, 0.5) is 0 Å². The first-order valence-corrected chi connectivity index (χ1v) is 6.20. The molecule has 17 heavy (non-hydrogen) atoms. The van der Waals surface area contributed by atoms with Crippen LogP contribution in [-0.2, 0) is 11.2 Å². The highest BCUT2D eigenvalue weighted by Gasteiger charge is 2.02. The van der Waals surface area contributed by atoms with Gasteiger partial charge in [0.2, 0.25) is 5.91 Å². The van der Waals surface area contributed by atoms with Crippen LogP contribution in [0.25, 0.3) is 0 Å². The lowest BCUT2D eigenvalue weighted by Gasteiger charge is -2.07. The third-order valence-corrected chi connectivity index (χ3v) is 2.91. The number of benzene rings is 1. The van der Waals surface area contributed by atoms with Gasteiger partial charge in [-0.1, -0.05) is 6.07 Å². The maximum atomic E-state index is 11.2. The lowest BCUT2D eigenvalue weighted by Crippen LogP contribution is -2.33. The van der Waals surface area contributed by atoms with Crippen molar-refractivity contribution >= 4 is 21.8 Å². The van der Waals surface area contributed by atoms with Crippen LogP contribution < -0.4 is 15.4 Å². The van der Waals surface area contributed by atoms with E-state index < -0.39 is 0 Å². The fourth-order valence-corrected chi connectivity index (χ4v) is 2.02. The van der Waals surface area contributed by atoms with Gasteiger partial charge in [0, 0.05) is 6.54 Å². The maximum Gasteiger partial charge on any atom is 0.233 e. The fraction of sp³-hybridized carbons (Fsp3) is 0.417. The van der Waals surface area contributed by atoms with Gasteiger partial charge in [0.15, 0.2) is 0 Å². The Morgan fingerprint density at radius 1 is 1.47 bits per heavy atom. The second-order valence-electron chi connectivity index (χ2n) is 3.60. The summed E-state index contributed by atoms with van der Waals surface area (Å²) >= 11 is 3.43. The summed E-state index contributed by atoms with van der Waals surface area (Å²) in [6.45, 7) is 0.992. The molecule has 0 spiro atoms. The Balaban J connectivity index is 2.42. The summed E-state index contributed by atoms with van der Waals surface area (Å²) in [6, 6.07) is 5.91. The quantitative estimate of drug-likeness (QED) is 0.833. The molecule has 2 N–H and O–H groups in total. The summed E-state index contributed by atoms with van der Waals surface area (Å²) in [5.41, 5.74) is 1.16. The van der Waals surface area contributed by atoms with E-state index in [0.717, 1.165) is 22.2 Å². The zero-order chi connectivity index (χ0) is 12.7. The zero-order valence-corrected chi connectivity index (χ0v) is 11.6. The summed E-state index contributed by atoms with van der Waals surface area (Å²) in [5.74, 6) is 0.827. The Kier molecular flexibility index (Phi) is 6.00. The van der Waals surface area contributed by atoms with E-state index in [1.807, 2.05) is 18.2 Å². The van der Waals surface area contributed by atoms with E-state index in [-0.39, 0.29) is 5.91 Å². The Morgan fingerprint density at radius 2 is 2.24 bits per heavy atom. The first kappa shape index (κ1) is 14.0. The number of hydrogen-bond acceptors (Lipinski definition) is 3. The van der Waals surface area contributed by atoms with E-state index in [1.54, 1.807) is 14.2 Å². The summed E-state index contributed by atoms with van der Waals surface area (Å²) in [4.78, 5) is 11.2. The molecular formula is C12H17BrN2O2. The molecule has 0 heterocycles. The average molecular weight is 301 g/mol. The second-order valence-corrected chi connectivity index (χ2v) is 4.45. The summed E-state index contributed by atoms with van der Waals surface area (Å²) in [5, 5.41) is 5.64. The van der Waals surface area contributed by atoms with Crippen molar-refractivity contribution in [2.45, 2.75) is 6.42 Å². The van der Waals surface area contributed by atoms with Gasteiger partial charge in [-0.25, -0.2) is 0 Å². The van der Waals surface area contributed by atoms with E-state index in [4.69, 9.17) is 4.74 Å². The molecule has 5 heteroatoms. The minimum atomic E-state index is 0.0140. The van der Waals surface area contributed by atoms with Crippen LogP contribution >= 0.6 is 15.9 Å². The summed E-state index contributed by atoms with van der Waals surface area (Å²) < 4.78 is 6.08. The lowest BCUT2D eigenvalue weighted by molar-refractivity contribution is -0.120. The van der Waals surface area contributed by atoms with Crippen molar-refractivity contribution in [3.63, 3.8) is 0 Å². The molecule has 0 bridgehead atoms. The molecule has 0 aliphatic carbocycles. The van der Waals surface area contributed by atoms with E-state index in [1.165, 1.54) is 0 Å². The third-order valence-electron chi connectivity index (χ3n) is 2.29. The predicted molar refractivity (Wildman–Crippen MR) is 71.3 cm³/mol. The van der Waals surface area contributed by atoms with Gasteiger partial charge in [0.05, 0.1) is 18.1 Å². The van der Waals surface area contributed by atoms with Gasteiger partial charge in [-0.3, -0.25) is 4.79 Å². The molecule has 0 radical (unpaired) electrons. The molecule has 0 unspecified atom stereocenters. The number of amides is 1. The normalized spacial score (nSPS) is 10.1. The Bertz CT molecular complexity index is 383. The number of halogens is 1. The molecular weight excluding hydrogens is 284 g/mol.